The third kappa shape index (κ3) is 3.54. The van der Waals surface area contributed by atoms with Gasteiger partial charge in [-0.3, -0.25) is 19.4 Å². The molecule has 4 heterocycles. The van der Waals surface area contributed by atoms with Crippen molar-refractivity contribution in [3.8, 4) is 0 Å². The molecule has 5 rings (SSSR count). The van der Waals surface area contributed by atoms with Crippen LogP contribution < -0.4 is 16.4 Å². The first-order valence-electron chi connectivity index (χ1n) is 11.1. The molecule has 2 fully saturated rings. The standard InChI is InChI=1S/C23H27N5O3/c1-14-6-4-10-27-20(14)26-21-18(23(27)30)12-17(22(29)25-15-7-2-3-8-15)19(24)28(21)13-16-9-5-11-31-16/h4,6,10,12,15-16,24H,2-3,5,7-9,11,13H2,1H3,(H,25,29)/t16-/m0/s1. The fourth-order valence-electron chi connectivity index (χ4n) is 4.77. The number of carbonyl (C=O) groups excluding carboxylic acids is 1. The van der Waals surface area contributed by atoms with E-state index in [1.807, 2.05) is 19.1 Å². The lowest BCUT2D eigenvalue weighted by atomic mass is 10.1. The third-order valence-corrected chi connectivity index (χ3v) is 6.48. The molecule has 2 aliphatic rings. The predicted molar refractivity (Wildman–Crippen MR) is 116 cm³/mol. The van der Waals surface area contributed by atoms with Crippen molar-refractivity contribution in [1.29, 1.82) is 5.41 Å². The van der Waals surface area contributed by atoms with Crippen LogP contribution in [0.5, 0.6) is 0 Å². The topological polar surface area (TPSA) is 101 Å². The monoisotopic (exact) mass is 421 g/mol. The van der Waals surface area contributed by atoms with Gasteiger partial charge in [-0.2, -0.15) is 0 Å². The summed E-state index contributed by atoms with van der Waals surface area (Å²) in [7, 11) is 0. The molecule has 1 aliphatic heterocycles. The van der Waals surface area contributed by atoms with Gasteiger partial charge in [-0.1, -0.05) is 18.9 Å². The van der Waals surface area contributed by atoms with Crippen LogP contribution in [-0.2, 0) is 11.3 Å². The number of fused-ring (bicyclic) bond motifs is 2. The summed E-state index contributed by atoms with van der Waals surface area (Å²) >= 11 is 0. The Morgan fingerprint density at radius 2 is 2.06 bits per heavy atom. The normalized spacial score (nSPS) is 19.5. The van der Waals surface area contributed by atoms with Gasteiger partial charge in [-0.05, 0) is 50.3 Å². The molecule has 3 aromatic rings. The maximum absolute atomic E-state index is 13.3. The molecule has 1 aliphatic carbocycles. The summed E-state index contributed by atoms with van der Waals surface area (Å²) in [4.78, 5) is 31.2. The zero-order valence-electron chi connectivity index (χ0n) is 17.7. The molecule has 1 saturated carbocycles. The number of nitrogens with one attached hydrogen (secondary N) is 2. The number of amides is 1. The Kier molecular flexibility index (Phi) is 5.09. The number of nitrogens with zero attached hydrogens (tertiary/aromatic N) is 3. The lowest BCUT2D eigenvalue weighted by molar-refractivity contribution is 0.0921. The van der Waals surface area contributed by atoms with Crippen molar-refractivity contribution in [3.63, 3.8) is 0 Å². The first-order chi connectivity index (χ1) is 15.0. The van der Waals surface area contributed by atoms with E-state index >= 15 is 0 Å². The predicted octanol–water partition coefficient (Wildman–Crippen LogP) is 2.29. The third-order valence-electron chi connectivity index (χ3n) is 6.48. The maximum Gasteiger partial charge on any atom is 0.267 e. The molecule has 0 spiro atoms. The Morgan fingerprint density at radius 3 is 2.81 bits per heavy atom. The van der Waals surface area contributed by atoms with Gasteiger partial charge in [0.25, 0.3) is 11.5 Å². The lowest BCUT2D eigenvalue weighted by Gasteiger charge is -2.18. The van der Waals surface area contributed by atoms with Crippen LogP contribution in [0.25, 0.3) is 16.7 Å². The summed E-state index contributed by atoms with van der Waals surface area (Å²) in [6.07, 6.45) is 7.61. The highest BCUT2D eigenvalue weighted by Gasteiger charge is 2.24. The molecule has 8 nitrogen and oxygen atoms in total. The molecule has 3 aromatic heterocycles. The highest BCUT2D eigenvalue weighted by Crippen LogP contribution is 2.20. The van der Waals surface area contributed by atoms with Crippen molar-refractivity contribution in [2.24, 2.45) is 0 Å². The number of aryl methyl sites for hydroxylation is 1. The average molecular weight is 422 g/mol. The largest absolute Gasteiger partial charge is 0.376 e. The Morgan fingerprint density at radius 1 is 1.26 bits per heavy atom. The van der Waals surface area contributed by atoms with Crippen LogP contribution in [0.4, 0.5) is 0 Å². The minimum Gasteiger partial charge on any atom is -0.376 e. The van der Waals surface area contributed by atoms with Gasteiger partial charge in [0.1, 0.15) is 16.8 Å². The fraction of sp³-hybridized carbons (Fsp3) is 0.478. The van der Waals surface area contributed by atoms with E-state index < -0.39 is 0 Å². The minimum absolute atomic E-state index is 0.0532. The van der Waals surface area contributed by atoms with Crippen LogP contribution in [0.1, 0.15) is 54.4 Å². The molecule has 0 aromatic carbocycles. The van der Waals surface area contributed by atoms with Gasteiger partial charge in [-0.15, -0.1) is 0 Å². The molecular formula is C23H27N5O3. The second kappa shape index (κ2) is 7.92. The van der Waals surface area contributed by atoms with E-state index in [1.54, 1.807) is 10.8 Å². The van der Waals surface area contributed by atoms with Gasteiger partial charge < -0.3 is 14.6 Å². The van der Waals surface area contributed by atoms with Gasteiger partial charge in [0.2, 0.25) is 0 Å². The molecule has 162 valence electrons. The van der Waals surface area contributed by atoms with Crippen molar-refractivity contribution in [2.45, 2.75) is 64.1 Å². The van der Waals surface area contributed by atoms with Crippen LogP contribution in [0.15, 0.2) is 29.2 Å². The summed E-state index contributed by atoms with van der Waals surface area (Å²) in [6.45, 7) is 2.99. The van der Waals surface area contributed by atoms with Crippen LogP contribution in [-0.4, -0.2) is 38.6 Å². The van der Waals surface area contributed by atoms with E-state index in [0.29, 0.717) is 29.8 Å². The van der Waals surface area contributed by atoms with Gasteiger partial charge in [0, 0.05) is 18.8 Å². The number of ether oxygens (including phenoxy) is 1. The van der Waals surface area contributed by atoms with E-state index in [-0.39, 0.29) is 34.7 Å². The number of pyridine rings is 2. The molecule has 0 unspecified atom stereocenters. The molecule has 0 radical (unpaired) electrons. The maximum atomic E-state index is 13.3. The quantitative estimate of drug-likeness (QED) is 0.631. The first kappa shape index (κ1) is 19.9. The van der Waals surface area contributed by atoms with Gasteiger partial charge in [0.15, 0.2) is 0 Å². The Hall–Kier alpha value is -3.00. The van der Waals surface area contributed by atoms with Crippen LogP contribution in [0.2, 0.25) is 0 Å². The summed E-state index contributed by atoms with van der Waals surface area (Å²) in [5.74, 6) is -0.298. The van der Waals surface area contributed by atoms with E-state index in [2.05, 4.69) is 5.32 Å². The fourth-order valence-corrected chi connectivity index (χ4v) is 4.77. The number of hydrogen-bond acceptors (Lipinski definition) is 5. The highest BCUT2D eigenvalue weighted by molar-refractivity contribution is 5.97. The highest BCUT2D eigenvalue weighted by atomic mass is 16.5. The van der Waals surface area contributed by atoms with E-state index in [0.717, 1.165) is 44.1 Å². The summed E-state index contributed by atoms with van der Waals surface area (Å²) in [5, 5.41) is 12.2. The Balaban J connectivity index is 1.72. The average Bonchev–Trinajstić information content (AvgIpc) is 3.45. The zero-order chi connectivity index (χ0) is 21.5. The van der Waals surface area contributed by atoms with Gasteiger partial charge in [-0.25, -0.2) is 4.98 Å². The summed E-state index contributed by atoms with van der Waals surface area (Å²) in [5.41, 5.74) is 1.91. The number of hydrogen-bond donors (Lipinski definition) is 2. The summed E-state index contributed by atoms with van der Waals surface area (Å²) in [6, 6.07) is 5.39. The zero-order valence-corrected chi connectivity index (χ0v) is 17.7. The Bertz CT molecular complexity index is 1280. The second-order valence-electron chi connectivity index (χ2n) is 8.65. The molecule has 1 amide bonds. The van der Waals surface area contributed by atoms with Gasteiger partial charge >= 0.3 is 0 Å². The van der Waals surface area contributed by atoms with E-state index in [1.165, 1.54) is 10.5 Å². The molecule has 1 atom stereocenters. The van der Waals surface area contributed by atoms with Crippen LogP contribution in [0, 0.1) is 12.3 Å². The second-order valence-corrected chi connectivity index (χ2v) is 8.65. The number of aromatic nitrogens is 3. The van der Waals surface area contributed by atoms with Crippen molar-refractivity contribution >= 4 is 22.6 Å². The van der Waals surface area contributed by atoms with Crippen molar-refractivity contribution in [2.75, 3.05) is 6.61 Å². The molecule has 0 bridgehead atoms. The van der Waals surface area contributed by atoms with Crippen LogP contribution in [0.3, 0.4) is 0 Å². The van der Waals surface area contributed by atoms with Crippen molar-refractivity contribution in [1.82, 2.24) is 19.3 Å². The first-order valence-corrected chi connectivity index (χ1v) is 11.1. The van der Waals surface area contributed by atoms with Gasteiger partial charge in [0.05, 0.1) is 23.6 Å². The summed E-state index contributed by atoms with van der Waals surface area (Å²) < 4.78 is 8.99. The van der Waals surface area contributed by atoms with Crippen LogP contribution >= 0.6 is 0 Å². The number of rotatable bonds is 4. The Labute approximate surface area is 179 Å². The molecule has 31 heavy (non-hydrogen) atoms. The minimum atomic E-state index is -0.298. The van der Waals surface area contributed by atoms with Crippen molar-refractivity contribution in [3.05, 3.63) is 51.4 Å². The SMILES string of the molecule is Cc1cccn2c(=O)c3cc(C(=O)NC4CCCC4)c(=N)n(C[C@@H]4CCCO4)c3nc12. The number of carbonyl (C=O) groups is 1. The van der Waals surface area contributed by atoms with Crippen molar-refractivity contribution < 1.29 is 9.53 Å². The molecule has 8 heteroatoms. The molecular weight excluding hydrogens is 394 g/mol. The molecule has 1 saturated heterocycles. The lowest BCUT2D eigenvalue weighted by Crippen LogP contribution is -2.39. The molecule has 2 N–H and O–H groups in total. The van der Waals surface area contributed by atoms with E-state index in [9.17, 15) is 9.59 Å². The van der Waals surface area contributed by atoms with E-state index in [4.69, 9.17) is 15.1 Å². The smallest absolute Gasteiger partial charge is 0.267 e.